The van der Waals surface area contributed by atoms with E-state index in [4.69, 9.17) is 15.3 Å². The molecule has 0 aromatic rings. The standard InChI is InChI=1S/C6H11O3/c7-4-1-5(8)3-6(9)2-4/h1,4-9H,2-3H2. The lowest BCUT2D eigenvalue weighted by molar-refractivity contribution is 0.0129. The predicted octanol–water partition coefficient (Wildman–Crippen LogP) is -0.933. The third-order valence-corrected chi connectivity index (χ3v) is 1.47. The number of aliphatic hydroxyl groups is 3. The van der Waals surface area contributed by atoms with E-state index in [9.17, 15) is 0 Å². The minimum Gasteiger partial charge on any atom is -0.393 e. The smallest absolute Gasteiger partial charge is 0.0622 e. The molecule has 0 aromatic heterocycles. The monoisotopic (exact) mass is 131 g/mol. The van der Waals surface area contributed by atoms with Crippen LogP contribution in [0, 0.1) is 6.42 Å². The van der Waals surface area contributed by atoms with Crippen molar-refractivity contribution >= 4 is 0 Å². The summed E-state index contributed by atoms with van der Waals surface area (Å²) < 4.78 is 0. The van der Waals surface area contributed by atoms with Crippen LogP contribution in [-0.2, 0) is 0 Å². The van der Waals surface area contributed by atoms with Crippen molar-refractivity contribution in [3.63, 3.8) is 0 Å². The van der Waals surface area contributed by atoms with E-state index in [1.807, 2.05) is 0 Å². The molecule has 2 atom stereocenters. The summed E-state index contributed by atoms with van der Waals surface area (Å²) in [5.41, 5.74) is 0. The zero-order chi connectivity index (χ0) is 6.85. The highest BCUT2D eigenvalue weighted by atomic mass is 16.3. The fourth-order valence-corrected chi connectivity index (χ4v) is 1.07. The molecule has 1 radical (unpaired) electrons. The molecule has 0 saturated heterocycles. The van der Waals surface area contributed by atoms with Gasteiger partial charge in [0.15, 0.2) is 0 Å². The van der Waals surface area contributed by atoms with Gasteiger partial charge in [-0.15, -0.1) is 0 Å². The first-order valence-corrected chi connectivity index (χ1v) is 3.07. The average Bonchev–Trinajstić information content (AvgIpc) is 1.59. The van der Waals surface area contributed by atoms with Crippen molar-refractivity contribution < 1.29 is 15.3 Å². The molecule has 53 valence electrons. The Balaban J connectivity index is 2.34. The molecule has 0 heterocycles. The Kier molecular flexibility index (Phi) is 2.05. The Morgan fingerprint density at radius 2 is 1.44 bits per heavy atom. The molecule has 1 saturated carbocycles. The first-order valence-electron chi connectivity index (χ1n) is 3.07. The lowest BCUT2D eigenvalue weighted by Crippen LogP contribution is -2.33. The van der Waals surface area contributed by atoms with Crippen LogP contribution in [0.3, 0.4) is 0 Å². The van der Waals surface area contributed by atoms with Crippen molar-refractivity contribution in [2.24, 2.45) is 0 Å². The van der Waals surface area contributed by atoms with Crippen LogP contribution in [0.15, 0.2) is 0 Å². The maximum absolute atomic E-state index is 8.91. The number of hydrogen-bond acceptors (Lipinski definition) is 3. The molecule has 3 heteroatoms. The van der Waals surface area contributed by atoms with Crippen LogP contribution >= 0.6 is 0 Å². The van der Waals surface area contributed by atoms with E-state index in [1.54, 1.807) is 0 Å². The number of hydrogen-bond donors (Lipinski definition) is 3. The van der Waals surface area contributed by atoms with Crippen LogP contribution in [0.2, 0.25) is 0 Å². The second kappa shape index (κ2) is 2.64. The molecule has 1 aliphatic carbocycles. The summed E-state index contributed by atoms with van der Waals surface area (Å²) in [6, 6.07) is 0. The lowest BCUT2D eigenvalue weighted by atomic mass is 9.93. The van der Waals surface area contributed by atoms with Crippen molar-refractivity contribution in [3.05, 3.63) is 6.42 Å². The van der Waals surface area contributed by atoms with E-state index in [0.29, 0.717) is 12.8 Å². The lowest BCUT2D eigenvalue weighted by Gasteiger charge is -2.25. The van der Waals surface area contributed by atoms with Gasteiger partial charge in [-0.3, -0.25) is 0 Å². The molecule has 1 rings (SSSR count). The van der Waals surface area contributed by atoms with Gasteiger partial charge in [0.1, 0.15) is 0 Å². The topological polar surface area (TPSA) is 60.7 Å². The molecule has 3 N–H and O–H groups in total. The van der Waals surface area contributed by atoms with Gasteiger partial charge >= 0.3 is 0 Å². The Hall–Kier alpha value is -0.120. The second-order valence-corrected chi connectivity index (χ2v) is 2.45. The zero-order valence-electron chi connectivity index (χ0n) is 5.07. The molecular weight excluding hydrogens is 120 g/mol. The molecule has 0 amide bonds. The highest BCUT2D eigenvalue weighted by Crippen LogP contribution is 2.17. The SMILES string of the molecule is OC1[CH]C(O)CC(O)C1. The summed E-state index contributed by atoms with van der Waals surface area (Å²) in [7, 11) is 0. The molecule has 1 fully saturated rings. The third-order valence-electron chi connectivity index (χ3n) is 1.47. The molecule has 1 aliphatic rings. The highest BCUT2D eigenvalue weighted by molar-refractivity contribution is 4.91. The van der Waals surface area contributed by atoms with Gasteiger partial charge in [0.05, 0.1) is 18.3 Å². The first kappa shape index (κ1) is 6.99. The molecule has 9 heavy (non-hydrogen) atoms. The molecule has 3 nitrogen and oxygen atoms in total. The molecule has 0 aromatic carbocycles. The van der Waals surface area contributed by atoms with Crippen molar-refractivity contribution in [1.29, 1.82) is 0 Å². The highest BCUT2D eigenvalue weighted by Gasteiger charge is 2.24. The van der Waals surface area contributed by atoms with Gasteiger partial charge in [0, 0.05) is 6.42 Å². The summed E-state index contributed by atoms with van der Waals surface area (Å²) in [5, 5.41) is 26.7. The van der Waals surface area contributed by atoms with E-state index >= 15 is 0 Å². The van der Waals surface area contributed by atoms with Crippen LogP contribution in [0.5, 0.6) is 0 Å². The van der Waals surface area contributed by atoms with Gasteiger partial charge < -0.3 is 15.3 Å². The van der Waals surface area contributed by atoms with Gasteiger partial charge in [-0.2, -0.15) is 0 Å². The van der Waals surface area contributed by atoms with Crippen LogP contribution < -0.4 is 0 Å². The van der Waals surface area contributed by atoms with Gasteiger partial charge in [-0.25, -0.2) is 0 Å². The van der Waals surface area contributed by atoms with Gasteiger partial charge in [0.25, 0.3) is 0 Å². The number of aliphatic hydroxyl groups excluding tert-OH is 3. The minimum absolute atomic E-state index is 0.358. The van der Waals surface area contributed by atoms with Crippen LogP contribution in [0.25, 0.3) is 0 Å². The van der Waals surface area contributed by atoms with Crippen molar-refractivity contribution in [3.8, 4) is 0 Å². The Morgan fingerprint density at radius 3 is 1.78 bits per heavy atom. The molecular formula is C6H11O3. The Bertz CT molecular complexity index is 69.3. The van der Waals surface area contributed by atoms with Gasteiger partial charge in [-0.05, 0) is 12.8 Å². The maximum atomic E-state index is 8.91. The molecule has 2 unspecified atom stereocenters. The van der Waals surface area contributed by atoms with E-state index in [0.717, 1.165) is 0 Å². The van der Waals surface area contributed by atoms with E-state index < -0.39 is 18.3 Å². The summed E-state index contributed by atoms with van der Waals surface area (Å²) in [4.78, 5) is 0. The van der Waals surface area contributed by atoms with E-state index in [-0.39, 0.29) is 0 Å². The largest absolute Gasteiger partial charge is 0.393 e. The summed E-state index contributed by atoms with van der Waals surface area (Å²) in [6.07, 6.45) is 0.341. The molecule has 0 bridgehead atoms. The minimum atomic E-state index is -0.635. The van der Waals surface area contributed by atoms with E-state index in [2.05, 4.69) is 0 Å². The summed E-state index contributed by atoms with van der Waals surface area (Å²) in [6.45, 7) is 0. The fraction of sp³-hybridized carbons (Fsp3) is 0.833. The second-order valence-electron chi connectivity index (χ2n) is 2.45. The zero-order valence-corrected chi connectivity index (χ0v) is 5.07. The predicted molar refractivity (Wildman–Crippen MR) is 31.6 cm³/mol. The van der Waals surface area contributed by atoms with Crippen LogP contribution in [0.4, 0.5) is 0 Å². The maximum Gasteiger partial charge on any atom is 0.0622 e. The van der Waals surface area contributed by atoms with Crippen LogP contribution in [0.1, 0.15) is 12.8 Å². The number of rotatable bonds is 0. The van der Waals surface area contributed by atoms with E-state index in [1.165, 1.54) is 6.42 Å². The molecule has 0 spiro atoms. The Morgan fingerprint density at radius 1 is 1.00 bits per heavy atom. The van der Waals surface area contributed by atoms with Crippen molar-refractivity contribution in [2.45, 2.75) is 31.2 Å². The fourth-order valence-electron chi connectivity index (χ4n) is 1.07. The van der Waals surface area contributed by atoms with Crippen molar-refractivity contribution in [1.82, 2.24) is 0 Å². The van der Waals surface area contributed by atoms with Gasteiger partial charge in [0.2, 0.25) is 0 Å². The summed E-state index contributed by atoms with van der Waals surface area (Å²) in [5.74, 6) is 0. The van der Waals surface area contributed by atoms with Crippen molar-refractivity contribution in [2.75, 3.05) is 0 Å². The third kappa shape index (κ3) is 1.93. The molecule has 0 aliphatic heterocycles. The Labute approximate surface area is 53.9 Å². The average molecular weight is 131 g/mol. The van der Waals surface area contributed by atoms with Gasteiger partial charge in [-0.1, -0.05) is 0 Å². The first-order chi connectivity index (χ1) is 4.18. The normalized spacial score (nSPS) is 45.0. The quantitative estimate of drug-likeness (QED) is 0.398. The summed E-state index contributed by atoms with van der Waals surface area (Å²) >= 11 is 0. The van der Waals surface area contributed by atoms with Crippen LogP contribution in [-0.4, -0.2) is 33.6 Å².